The van der Waals surface area contributed by atoms with Crippen molar-refractivity contribution in [1.29, 1.82) is 5.26 Å². The zero-order valence-corrected chi connectivity index (χ0v) is 13.7. The van der Waals surface area contributed by atoms with Gasteiger partial charge in [0.25, 0.3) is 0 Å². The van der Waals surface area contributed by atoms with Crippen LogP contribution >= 0.6 is 11.3 Å². The van der Waals surface area contributed by atoms with Crippen LogP contribution in [0.2, 0.25) is 0 Å². The summed E-state index contributed by atoms with van der Waals surface area (Å²) in [5.41, 5.74) is 1.32. The van der Waals surface area contributed by atoms with Gasteiger partial charge in [-0.25, -0.2) is 8.42 Å². The van der Waals surface area contributed by atoms with Crippen molar-refractivity contribution in [2.75, 3.05) is 6.54 Å². The summed E-state index contributed by atoms with van der Waals surface area (Å²) in [6.07, 6.45) is 1.56. The molecule has 1 aliphatic heterocycles. The Balaban J connectivity index is 1.83. The van der Waals surface area contributed by atoms with Gasteiger partial charge in [-0.15, -0.1) is 11.3 Å². The summed E-state index contributed by atoms with van der Waals surface area (Å²) in [5.74, 6) is 0.592. The zero-order chi connectivity index (χ0) is 15.7. The molecule has 0 aliphatic carbocycles. The van der Waals surface area contributed by atoms with Crippen molar-refractivity contribution < 1.29 is 12.9 Å². The first-order valence-corrected chi connectivity index (χ1v) is 9.39. The number of hydrogen-bond donors (Lipinski definition) is 0. The highest BCUT2D eigenvalue weighted by Gasteiger charge is 2.36. The van der Waals surface area contributed by atoms with Crippen LogP contribution in [0.25, 0.3) is 0 Å². The second kappa shape index (κ2) is 5.83. The highest BCUT2D eigenvalue weighted by atomic mass is 32.2. The minimum Gasteiger partial charge on any atom is -0.361 e. The van der Waals surface area contributed by atoms with Crippen molar-refractivity contribution in [3.8, 4) is 6.07 Å². The molecular formula is C14H15N3O3S2. The topological polar surface area (TPSA) is 87.2 Å². The standard InChI is InChI=1S/C14H15N3O3S2/c1-10-5-13(16-20-10)14-3-2-4-17(14)22(18,19)9-11-6-12(7-15)21-8-11/h5-6,8,14H,2-4,9H2,1H3. The van der Waals surface area contributed by atoms with Crippen LogP contribution in [0.15, 0.2) is 22.0 Å². The molecule has 0 saturated carbocycles. The van der Waals surface area contributed by atoms with Gasteiger partial charge in [0.1, 0.15) is 22.4 Å². The fourth-order valence-electron chi connectivity index (χ4n) is 2.71. The van der Waals surface area contributed by atoms with E-state index in [9.17, 15) is 8.42 Å². The molecule has 1 fully saturated rings. The third-order valence-corrected chi connectivity index (χ3v) is 6.40. The second-order valence-corrected chi connectivity index (χ2v) is 8.15. The van der Waals surface area contributed by atoms with E-state index in [0.717, 1.165) is 12.8 Å². The third kappa shape index (κ3) is 2.92. The Morgan fingerprint density at radius 2 is 2.36 bits per heavy atom. The summed E-state index contributed by atoms with van der Waals surface area (Å²) >= 11 is 1.26. The lowest BCUT2D eigenvalue weighted by atomic mass is 10.1. The molecule has 6 nitrogen and oxygen atoms in total. The van der Waals surface area contributed by atoms with Crippen molar-refractivity contribution in [2.24, 2.45) is 0 Å². The van der Waals surface area contributed by atoms with E-state index in [0.29, 0.717) is 28.4 Å². The van der Waals surface area contributed by atoms with Crippen LogP contribution in [-0.2, 0) is 15.8 Å². The summed E-state index contributed by atoms with van der Waals surface area (Å²) < 4.78 is 31.9. The lowest BCUT2D eigenvalue weighted by Gasteiger charge is -2.22. The molecule has 1 aliphatic rings. The Bertz CT molecular complexity index is 817. The molecule has 3 heterocycles. The van der Waals surface area contributed by atoms with E-state index in [-0.39, 0.29) is 11.8 Å². The molecule has 0 radical (unpaired) electrons. The Hall–Kier alpha value is -1.69. The Morgan fingerprint density at radius 3 is 3.00 bits per heavy atom. The zero-order valence-electron chi connectivity index (χ0n) is 12.0. The van der Waals surface area contributed by atoms with Gasteiger partial charge < -0.3 is 4.52 Å². The van der Waals surface area contributed by atoms with Crippen molar-refractivity contribution in [3.63, 3.8) is 0 Å². The molecule has 116 valence electrons. The first-order chi connectivity index (χ1) is 10.5. The smallest absolute Gasteiger partial charge is 0.218 e. The molecule has 3 rings (SSSR count). The van der Waals surface area contributed by atoms with E-state index < -0.39 is 10.0 Å². The van der Waals surface area contributed by atoms with Gasteiger partial charge >= 0.3 is 0 Å². The maximum absolute atomic E-state index is 12.7. The molecule has 1 saturated heterocycles. The molecule has 1 atom stereocenters. The fraction of sp³-hybridized carbons (Fsp3) is 0.429. The van der Waals surface area contributed by atoms with Crippen molar-refractivity contribution in [3.05, 3.63) is 39.4 Å². The molecule has 0 amide bonds. The van der Waals surface area contributed by atoms with Gasteiger partial charge in [-0.2, -0.15) is 9.57 Å². The van der Waals surface area contributed by atoms with Crippen LogP contribution in [0.3, 0.4) is 0 Å². The molecule has 0 spiro atoms. The van der Waals surface area contributed by atoms with Gasteiger partial charge in [0, 0.05) is 12.6 Å². The highest BCUT2D eigenvalue weighted by molar-refractivity contribution is 7.88. The van der Waals surface area contributed by atoms with Crippen LogP contribution in [0.5, 0.6) is 0 Å². The van der Waals surface area contributed by atoms with Crippen molar-refractivity contribution in [2.45, 2.75) is 31.6 Å². The predicted octanol–water partition coefficient (Wildman–Crippen LogP) is 2.58. The molecule has 0 bridgehead atoms. The molecule has 1 unspecified atom stereocenters. The van der Waals surface area contributed by atoms with Crippen LogP contribution in [-0.4, -0.2) is 24.4 Å². The van der Waals surface area contributed by atoms with Crippen LogP contribution in [0.4, 0.5) is 0 Å². The van der Waals surface area contributed by atoms with E-state index in [1.807, 2.05) is 6.07 Å². The van der Waals surface area contributed by atoms with Gasteiger partial charge in [0.15, 0.2) is 0 Å². The van der Waals surface area contributed by atoms with Crippen LogP contribution in [0, 0.1) is 18.3 Å². The second-order valence-electron chi connectivity index (χ2n) is 5.32. The molecule has 0 aromatic carbocycles. The fourth-order valence-corrected chi connectivity index (χ4v) is 5.28. The van der Waals surface area contributed by atoms with Crippen LogP contribution < -0.4 is 0 Å². The Labute approximate surface area is 133 Å². The number of aromatic nitrogens is 1. The largest absolute Gasteiger partial charge is 0.361 e. The Kier molecular flexibility index (Phi) is 4.04. The monoisotopic (exact) mass is 337 g/mol. The maximum atomic E-state index is 12.7. The normalized spacial score (nSPS) is 19.4. The number of thiophene rings is 1. The SMILES string of the molecule is Cc1cc(C2CCCN2S(=O)(=O)Cc2csc(C#N)c2)no1. The lowest BCUT2D eigenvalue weighted by molar-refractivity contribution is 0.349. The summed E-state index contributed by atoms with van der Waals surface area (Å²) in [5, 5.41) is 14.5. The van der Waals surface area contributed by atoms with Crippen molar-refractivity contribution in [1.82, 2.24) is 9.46 Å². The maximum Gasteiger partial charge on any atom is 0.218 e. The molecule has 8 heteroatoms. The van der Waals surface area contributed by atoms with E-state index in [1.165, 1.54) is 15.6 Å². The van der Waals surface area contributed by atoms with E-state index >= 15 is 0 Å². The summed E-state index contributed by atoms with van der Waals surface area (Å²) in [4.78, 5) is 0.523. The number of hydrogen-bond acceptors (Lipinski definition) is 6. The first-order valence-electron chi connectivity index (χ1n) is 6.90. The average molecular weight is 337 g/mol. The van der Waals surface area contributed by atoms with Crippen molar-refractivity contribution >= 4 is 21.4 Å². The van der Waals surface area contributed by atoms with E-state index in [4.69, 9.17) is 9.78 Å². The molecule has 2 aromatic heterocycles. The number of sulfonamides is 1. The van der Waals surface area contributed by atoms with Gasteiger partial charge in [0.05, 0.1) is 11.8 Å². The predicted molar refractivity (Wildman–Crippen MR) is 81.6 cm³/mol. The number of rotatable bonds is 4. The van der Waals surface area contributed by atoms with E-state index in [2.05, 4.69) is 5.16 Å². The van der Waals surface area contributed by atoms with Gasteiger partial charge in [0.2, 0.25) is 10.0 Å². The van der Waals surface area contributed by atoms with Gasteiger partial charge in [-0.3, -0.25) is 0 Å². The van der Waals surface area contributed by atoms with Gasteiger partial charge in [-0.05, 0) is 36.8 Å². The average Bonchev–Trinajstić information content (AvgIpc) is 3.17. The van der Waals surface area contributed by atoms with Gasteiger partial charge in [-0.1, -0.05) is 5.16 Å². The molecule has 0 N–H and O–H groups in total. The molecular weight excluding hydrogens is 322 g/mol. The number of aryl methyl sites for hydroxylation is 1. The minimum absolute atomic E-state index is 0.0848. The Morgan fingerprint density at radius 1 is 1.55 bits per heavy atom. The summed E-state index contributed by atoms with van der Waals surface area (Å²) in [7, 11) is -3.45. The van der Waals surface area contributed by atoms with Crippen LogP contribution in [0.1, 0.15) is 40.8 Å². The first kappa shape index (κ1) is 15.2. The quantitative estimate of drug-likeness (QED) is 0.855. The molecule has 22 heavy (non-hydrogen) atoms. The highest BCUT2D eigenvalue weighted by Crippen LogP contribution is 2.35. The number of nitrogens with zero attached hydrogens (tertiary/aromatic N) is 3. The molecule has 2 aromatic rings. The summed E-state index contributed by atoms with van der Waals surface area (Å²) in [6.45, 7) is 2.28. The third-order valence-electron chi connectivity index (χ3n) is 3.66. The minimum atomic E-state index is -3.45. The lowest BCUT2D eigenvalue weighted by Crippen LogP contribution is -2.31. The summed E-state index contributed by atoms with van der Waals surface area (Å²) in [6, 6.07) is 5.20. The number of nitriles is 1. The van der Waals surface area contributed by atoms with E-state index in [1.54, 1.807) is 24.4 Å².